The van der Waals surface area contributed by atoms with Crippen molar-refractivity contribution in [2.45, 2.75) is 0 Å². The molecule has 0 aromatic carbocycles. The summed E-state index contributed by atoms with van der Waals surface area (Å²) in [6.45, 7) is 0. The van der Waals surface area contributed by atoms with Crippen molar-refractivity contribution in [2.24, 2.45) is 11.5 Å². The Balaban J connectivity index is 0. The van der Waals surface area contributed by atoms with Gasteiger partial charge in [-0.15, -0.1) is 0 Å². The van der Waals surface area contributed by atoms with E-state index in [1.54, 1.807) is 0 Å². The number of carbonyl (C=O) groups is 1. The monoisotopic (exact) mass is 181 g/mol. The molecule has 3 radical (unpaired) electrons. The molecule has 0 saturated carbocycles. The Kier molecular flexibility index (Phi) is 7.29. The van der Waals surface area contributed by atoms with E-state index in [0.29, 0.717) is 0 Å². The maximum Gasteiger partial charge on any atom is 0.309 e. The van der Waals surface area contributed by atoms with E-state index in [2.05, 4.69) is 11.5 Å². The van der Waals surface area contributed by atoms with Crippen LogP contribution in [0.1, 0.15) is 0 Å². The van der Waals surface area contributed by atoms with Crippen LogP contribution in [0.25, 0.3) is 0 Å². The first-order valence-corrected chi connectivity index (χ1v) is 0.781. The van der Waals surface area contributed by atoms with Gasteiger partial charge in [0.25, 0.3) is 0 Å². The van der Waals surface area contributed by atoms with Crippen LogP contribution in [-0.2, 0) is 0 Å². The van der Waals surface area contributed by atoms with Gasteiger partial charge in [0.2, 0.25) is 0 Å². The van der Waals surface area contributed by atoms with Gasteiger partial charge in [-0.1, -0.05) is 0 Å². The van der Waals surface area contributed by atoms with E-state index in [1.165, 1.54) is 0 Å². The van der Waals surface area contributed by atoms with Gasteiger partial charge in [0.15, 0.2) is 0 Å². The minimum absolute atomic E-state index is 0. The van der Waals surface area contributed by atoms with Crippen LogP contribution in [-0.4, -0.2) is 30.5 Å². The fraction of sp³-hybridized carbons (Fsp3) is 0. The molecule has 0 rings (SSSR count). The number of urea groups is 1. The predicted molar refractivity (Wildman–Crippen MR) is 19.5 cm³/mol. The van der Waals surface area contributed by atoms with Gasteiger partial charge in [-0.3, -0.25) is 0 Å². The number of hydrogen-bond donors (Lipinski definition) is 2. The van der Waals surface area contributed by atoms with Gasteiger partial charge in [-0.25, -0.2) is 4.79 Å². The molecule has 29 valence electrons. The Morgan fingerprint density at radius 2 is 1.40 bits per heavy atom. The number of hydrogen-bond acceptors (Lipinski definition) is 1. The molecule has 0 heterocycles. The third-order valence-corrected chi connectivity index (χ3v) is 0. The van der Waals surface area contributed by atoms with Crippen LogP contribution < -0.4 is 11.5 Å². The van der Waals surface area contributed by atoms with Crippen LogP contribution in [0.2, 0.25) is 0 Å². The zero-order valence-electron chi connectivity index (χ0n) is 2.51. The quantitative estimate of drug-likeness (QED) is 0.446. The molecule has 4 heteroatoms. The topological polar surface area (TPSA) is 69.1 Å². The summed E-state index contributed by atoms with van der Waals surface area (Å²) in [5.41, 5.74) is 8.50. The summed E-state index contributed by atoms with van der Waals surface area (Å²) in [6.07, 6.45) is 0. The third-order valence-electron chi connectivity index (χ3n) is 0. The van der Waals surface area contributed by atoms with Crippen LogP contribution in [0.4, 0.5) is 4.79 Å². The largest absolute Gasteiger partial charge is 0.352 e. The van der Waals surface area contributed by atoms with Crippen LogP contribution in [0.15, 0.2) is 0 Å². The van der Waals surface area contributed by atoms with Gasteiger partial charge < -0.3 is 11.5 Å². The number of carbonyl (C=O) groups excluding carboxylic acids is 1. The Hall–Kier alpha value is 0.0882. The first-order chi connectivity index (χ1) is 1.73. The van der Waals surface area contributed by atoms with Gasteiger partial charge in [0.1, 0.15) is 0 Å². The smallest absolute Gasteiger partial charge is 0.309 e. The molecular formula is CH4N2OSb. The Bertz CT molecular complexity index is 32.6. The maximum atomic E-state index is 9.00. The molecule has 2 amide bonds. The van der Waals surface area contributed by atoms with Gasteiger partial charge >= 0.3 is 6.03 Å². The molecule has 0 fully saturated rings. The molecule has 0 unspecified atom stereocenters. The second-order valence-electron chi connectivity index (χ2n) is 0.402. The average molecular weight is 182 g/mol. The first kappa shape index (κ1) is 8.92. The van der Waals surface area contributed by atoms with E-state index in [4.69, 9.17) is 4.79 Å². The van der Waals surface area contributed by atoms with Crippen LogP contribution in [0.3, 0.4) is 0 Å². The number of primary amides is 2. The van der Waals surface area contributed by atoms with E-state index in [1.807, 2.05) is 0 Å². The third kappa shape index (κ3) is 2290. The molecular weight excluding hydrogens is 178 g/mol. The normalized spacial score (nSPS) is 4.80. The Morgan fingerprint density at radius 1 is 1.40 bits per heavy atom. The van der Waals surface area contributed by atoms with Crippen molar-refractivity contribution in [2.75, 3.05) is 0 Å². The molecule has 0 saturated heterocycles. The van der Waals surface area contributed by atoms with E-state index in [9.17, 15) is 0 Å². The minimum atomic E-state index is -0.833. The van der Waals surface area contributed by atoms with Gasteiger partial charge in [0.05, 0.1) is 0 Å². The number of rotatable bonds is 0. The Morgan fingerprint density at radius 3 is 1.40 bits per heavy atom. The van der Waals surface area contributed by atoms with Gasteiger partial charge in [-0.2, -0.15) is 0 Å². The molecule has 0 aromatic rings. The maximum absolute atomic E-state index is 9.00. The fourth-order valence-corrected chi connectivity index (χ4v) is 0. The summed E-state index contributed by atoms with van der Waals surface area (Å²) in [5, 5.41) is 0. The molecule has 0 bridgehead atoms. The second-order valence-corrected chi connectivity index (χ2v) is 0.402. The van der Waals surface area contributed by atoms with E-state index in [-0.39, 0.29) is 24.4 Å². The van der Waals surface area contributed by atoms with Crippen molar-refractivity contribution in [1.82, 2.24) is 0 Å². The summed E-state index contributed by atoms with van der Waals surface area (Å²) in [5.74, 6) is 0. The van der Waals surface area contributed by atoms with E-state index >= 15 is 0 Å². The zero-order valence-corrected chi connectivity index (χ0v) is 5.06. The van der Waals surface area contributed by atoms with Crippen LogP contribution >= 0.6 is 0 Å². The van der Waals surface area contributed by atoms with Crippen molar-refractivity contribution < 1.29 is 4.79 Å². The molecule has 0 aliphatic carbocycles. The zero-order chi connectivity index (χ0) is 3.58. The average Bonchev–Trinajstić information content (AvgIpc) is 0.811. The molecule has 0 aliphatic rings. The summed E-state index contributed by atoms with van der Waals surface area (Å²) in [4.78, 5) is 9.00. The fourth-order valence-electron chi connectivity index (χ4n) is 0. The molecule has 0 atom stereocenters. The number of amides is 2. The SMILES string of the molecule is NC(N)=O.[Sb]. The molecule has 3 nitrogen and oxygen atoms in total. The van der Waals surface area contributed by atoms with Crippen molar-refractivity contribution in [3.05, 3.63) is 0 Å². The van der Waals surface area contributed by atoms with E-state index < -0.39 is 6.03 Å². The van der Waals surface area contributed by atoms with Crippen molar-refractivity contribution in [1.29, 1.82) is 0 Å². The summed E-state index contributed by atoms with van der Waals surface area (Å²) < 4.78 is 0. The molecule has 5 heavy (non-hydrogen) atoms. The number of nitrogens with two attached hydrogens (primary N) is 2. The van der Waals surface area contributed by atoms with Crippen molar-refractivity contribution in [3.63, 3.8) is 0 Å². The van der Waals surface area contributed by atoms with Gasteiger partial charge in [0, 0.05) is 24.4 Å². The molecule has 0 aliphatic heterocycles. The summed E-state index contributed by atoms with van der Waals surface area (Å²) in [7, 11) is 0. The van der Waals surface area contributed by atoms with Crippen LogP contribution in [0.5, 0.6) is 0 Å². The molecule has 4 N–H and O–H groups in total. The summed E-state index contributed by atoms with van der Waals surface area (Å²) >= 11 is 0. The van der Waals surface area contributed by atoms with Crippen molar-refractivity contribution >= 4 is 30.5 Å². The summed E-state index contributed by atoms with van der Waals surface area (Å²) in [6, 6.07) is -0.833. The van der Waals surface area contributed by atoms with Crippen LogP contribution in [0, 0.1) is 0 Å². The first-order valence-electron chi connectivity index (χ1n) is 0.781. The molecule has 0 spiro atoms. The minimum Gasteiger partial charge on any atom is -0.352 e. The predicted octanol–water partition coefficient (Wildman–Crippen LogP) is -1.36. The molecule has 0 aromatic heterocycles. The second kappa shape index (κ2) is 4.09. The standard InChI is InChI=1S/CH4N2O.Sb/c2-1(3)4;/h(H4,2,3,4);. The van der Waals surface area contributed by atoms with Gasteiger partial charge in [-0.05, 0) is 0 Å². The van der Waals surface area contributed by atoms with E-state index in [0.717, 1.165) is 0 Å². The Labute approximate surface area is 47.2 Å². The van der Waals surface area contributed by atoms with Crippen molar-refractivity contribution in [3.8, 4) is 0 Å².